The molecule has 15 heavy (non-hydrogen) atoms. The summed E-state index contributed by atoms with van der Waals surface area (Å²) in [5, 5.41) is 12.5. The highest BCUT2D eigenvalue weighted by atomic mass is 19.1. The van der Waals surface area contributed by atoms with Crippen LogP contribution < -0.4 is 5.32 Å². The molecule has 3 heteroatoms. The van der Waals surface area contributed by atoms with Crippen molar-refractivity contribution in [2.45, 2.75) is 19.9 Å². The summed E-state index contributed by atoms with van der Waals surface area (Å²) in [7, 11) is 0. The average Bonchev–Trinajstić information content (AvgIpc) is 2.23. The zero-order valence-corrected chi connectivity index (χ0v) is 8.68. The van der Waals surface area contributed by atoms with Crippen LogP contribution >= 0.6 is 0 Å². The quantitative estimate of drug-likeness (QED) is 0.585. The van der Waals surface area contributed by atoms with Gasteiger partial charge in [-0.25, -0.2) is 4.39 Å². The van der Waals surface area contributed by atoms with Crippen molar-refractivity contribution in [2.24, 2.45) is 0 Å². The highest BCUT2D eigenvalue weighted by Crippen LogP contribution is 2.17. The summed E-state index contributed by atoms with van der Waals surface area (Å²) in [4.78, 5) is 0. The molecule has 0 fully saturated rings. The van der Waals surface area contributed by atoms with Gasteiger partial charge in [-0.15, -0.1) is 11.8 Å². The third kappa shape index (κ3) is 4.01. The normalized spacial score (nSPS) is 9.47. The molecule has 0 saturated carbocycles. The molecule has 0 amide bonds. The Kier molecular flexibility index (Phi) is 4.65. The molecule has 0 atom stereocenters. The van der Waals surface area contributed by atoms with E-state index in [2.05, 4.69) is 17.2 Å². The van der Waals surface area contributed by atoms with Gasteiger partial charge in [-0.3, -0.25) is 0 Å². The van der Waals surface area contributed by atoms with E-state index in [0.717, 1.165) is 13.0 Å². The smallest absolute Gasteiger partial charge is 0.123 e. The number of benzene rings is 1. The molecule has 1 rings (SSSR count). The van der Waals surface area contributed by atoms with Gasteiger partial charge in [-0.2, -0.15) is 0 Å². The first kappa shape index (κ1) is 11.5. The first-order valence-electron chi connectivity index (χ1n) is 4.81. The van der Waals surface area contributed by atoms with Gasteiger partial charge in [-0.1, -0.05) is 0 Å². The van der Waals surface area contributed by atoms with Gasteiger partial charge in [0.25, 0.3) is 0 Å². The summed E-state index contributed by atoms with van der Waals surface area (Å²) in [5.74, 6) is 5.48. The highest BCUT2D eigenvalue weighted by molar-refractivity contribution is 5.32. The topological polar surface area (TPSA) is 32.3 Å². The molecule has 0 aromatic heterocycles. The lowest BCUT2D eigenvalue weighted by Gasteiger charge is -2.05. The van der Waals surface area contributed by atoms with Crippen molar-refractivity contribution >= 4 is 0 Å². The van der Waals surface area contributed by atoms with Crippen LogP contribution in [0.15, 0.2) is 18.2 Å². The van der Waals surface area contributed by atoms with Crippen LogP contribution in [0, 0.1) is 17.7 Å². The lowest BCUT2D eigenvalue weighted by molar-refractivity contribution is 0.462. The van der Waals surface area contributed by atoms with E-state index in [1.807, 2.05) is 0 Å². The monoisotopic (exact) mass is 207 g/mol. The Hall–Kier alpha value is -1.53. The number of phenols is 1. The van der Waals surface area contributed by atoms with Crippen molar-refractivity contribution in [1.82, 2.24) is 5.32 Å². The molecule has 2 N–H and O–H groups in total. The maximum absolute atomic E-state index is 12.8. The lowest BCUT2D eigenvalue weighted by Crippen LogP contribution is -2.14. The number of phenolic OH excluding ortho intramolecular Hbond substituents is 1. The van der Waals surface area contributed by atoms with Crippen molar-refractivity contribution < 1.29 is 9.50 Å². The minimum absolute atomic E-state index is 0.116. The van der Waals surface area contributed by atoms with E-state index < -0.39 is 0 Å². The standard InChI is InChI=1S/C12H14FNO/c1-2-3-4-7-14-9-10-8-11(13)5-6-12(10)15/h5-6,8,14-15H,4,7,9H2,1H3. The third-order valence-corrected chi connectivity index (χ3v) is 1.96. The van der Waals surface area contributed by atoms with Gasteiger partial charge in [0.2, 0.25) is 0 Å². The molecule has 1 aromatic rings. The van der Waals surface area contributed by atoms with Crippen LogP contribution in [0.25, 0.3) is 0 Å². The summed E-state index contributed by atoms with van der Waals surface area (Å²) in [6, 6.07) is 3.92. The molecule has 0 radical (unpaired) electrons. The Morgan fingerprint density at radius 3 is 3.00 bits per heavy atom. The first-order valence-corrected chi connectivity index (χ1v) is 4.81. The van der Waals surface area contributed by atoms with E-state index >= 15 is 0 Å². The van der Waals surface area contributed by atoms with E-state index in [0.29, 0.717) is 12.1 Å². The van der Waals surface area contributed by atoms with E-state index in [1.54, 1.807) is 6.92 Å². The second kappa shape index (κ2) is 6.05. The number of nitrogens with one attached hydrogen (secondary N) is 1. The number of hydrogen-bond acceptors (Lipinski definition) is 2. The second-order valence-corrected chi connectivity index (χ2v) is 3.13. The molecule has 1 aromatic carbocycles. The van der Waals surface area contributed by atoms with Crippen molar-refractivity contribution in [3.05, 3.63) is 29.6 Å². The molecular weight excluding hydrogens is 193 g/mol. The fraction of sp³-hybridized carbons (Fsp3) is 0.333. The molecule has 0 unspecified atom stereocenters. The fourth-order valence-electron chi connectivity index (χ4n) is 1.19. The summed E-state index contributed by atoms with van der Waals surface area (Å²) in [6.07, 6.45) is 0.757. The number of rotatable bonds is 4. The van der Waals surface area contributed by atoms with Crippen LogP contribution in [0.4, 0.5) is 4.39 Å². The Morgan fingerprint density at radius 2 is 2.27 bits per heavy atom. The van der Waals surface area contributed by atoms with E-state index in [1.165, 1.54) is 18.2 Å². The second-order valence-electron chi connectivity index (χ2n) is 3.13. The minimum Gasteiger partial charge on any atom is -0.508 e. The minimum atomic E-state index is -0.335. The third-order valence-electron chi connectivity index (χ3n) is 1.96. The van der Waals surface area contributed by atoms with Crippen molar-refractivity contribution in [3.63, 3.8) is 0 Å². The lowest BCUT2D eigenvalue weighted by atomic mass is 10.2. The molecule has 0 bridgehead atoms. The molecule has 0 saturated heterocycles. The van der Waals surface area contributed by atoms with E-state index in [9.17, 15) is 9.50 Å². The largest absolute Gasteiger partial charge is 0.508 e. The zero-order valence-electron chi connectivity index (χ0n) is 8.68. The Labute approximate surface area is 89.1 Å². The van der Waals surface area contributed by atoms with Gasteiger partial charge in [-0.05, 0) is 25.1 Å². The molecule has 0 aliphatic rings. The molecule has 0 aliphatic heterocycles. The van der Waals surface area contributed by atoms with Crippen LogP contribution in [0.3, 0.4) is 0 Å². The van der Waals surface area contributed by atoms with Crippen LogP contribution in [0.1, 0.15) is 18.9 Å². The highest BCUT2D eigenvalue weighted by Gasteiger charge is 2.01. The van der Waals surface area contributed by atoms with Gasteiger partial charge in [0.15, 0.2) is 0 Å². The molecule has 0 heterocycles. The fourth-order valence-corrected chi connectivity index (χ4v) is 1.19. The molecular formula is C12H14FNO. The van der Waals surface area contributed by atoms with Crippen LogP contribution in [0.5, 0.6) is 5.75 Å². The number of aromatic hydroxyl groups is 1. The summed E-state index contributed by atoms with van der Waals surface area (Å²) in [5.41, 5.74) is 0.569. The SMILES string of the molecule is CC#CCCNCc1cc(F)ccc1O. The van der Waals surface area contributed by atoms with Crippen LogP contribution in [0.2, 0.25) is 0 Å². The van der Waals surface area contributed by atoms with E-state index in [-0.39, 0.29) is 11.6 Å². The van der Waals surface area contributed by atoms with Crippen LogP contribution in [-0.4, -0.2) is 11.7 Å². The van der Waals surface area contributed by atoms with Crippen molar-refractivity contribution in [2.75, 3.05) is 6.54 Å². The Morgan fingerprint density at radius 1 is 1.47 bits per heavy atom. The van der Waals surface area contributed by atoms with Gasteiger partial charge in [0, 0.05) is 25.1 Å². The molecule has 2 nitrogen and oxygen atoms in total. The summed E-state index contributed by atoms with van der Waals surface area (Å²) in [6.45, 7) is 2.98. The molecule has 0 aliphatic carbocycles. The van der Waals surface area contributed by atoms with Gasteiger partial charge >= 0.3 is 0 Å². The Balaban J connectivity index is 2.42. The zero-order chi connectivity index (χ0) is 11.1. The Bertz CT molecular complexity index is 379. The number of halogens is 1. The summed E-state index contributed by atoms with van der Waals surface area (Å²) >= 11 is 0. The van der Waals surface area contributed by atoms with Gasteiger partial charge < -0.3 is 10.4 Å². The molecule has 0 spiro atoms. The van der Waals surface area contributed by atoms with Crippen LogP contribution in [-0.2, 0) is 6.54 Å². The van der Waals surface area contributed by atoms with E-state index in [4.69, 9.17) is 0 Å². The predicted octanol–water partition coefficient (Wildman–Crippen LogP) is 2.03. The predicted molar refractivity (Wildman–Crippen MR) is 57.8 cm³/mol. The van der Waals surface area contributed by atoms with Gasteiger partial charge in [0.05, 0.1) is 0 Å². The average molecular weight is 207 g/mol. The van der Waals surface area contributed by atoms with Crippen molar-refractivity contribution in [1.29, 1.82) is 0 Å². The maximum Gasteiger partial charge on any atom is 0.123 e. The first-order chi connectivity index (χ1) is 7.24. The number of hydrogen-bond donors (Lipinski definition) is 2. The maximum atomic E-state index is 12.8. The van der Waals surface area contributed by atoms with Crippen molar-refractivity contribution in [3.8, 4) is 17.6 Å². The molecule has 80 valence electrons. The summed E-state index contributed by atoms with van der Waals surface area (Å²) < 4.78 is 12.8. The van der Waals surface area contributed by atoms with Gasteiger partial charge in [0.1, 0.15) is 11.6 Å².